The van der Waals surface area contributed by atoms with Crippen molar-refractivity contribution in [2.75, 3.05) is 45.2 Å². The first-order valence-electron chi connectivity index (χ1n) is 13.7. The Morgan fingerprint density at radius 2 is 1.56 bits per heavy atom. The second-order valence-electron chi connectivity index (χ2n) is 11.8. The number of nitrogens with zero attached hydrogens (tertiary/aromatic N) is 3. The standard InChI is InChI=1S/C30H35Cl3F3N3O2/c1-29(18-19-6-10-38(11-7-19)23-4-5-24(25(33)17-23)27(40)37(2)3)8-12-39(13-9-29)28(41)26(30(34,35)36)20-14-21(31)16-22(32)15-20/h4-5,14-17,19,26H,6-13,18H2,1-3H3. The summed E-state index contributed by atoms with van der Waals surface area (Å²) in [5.74, 6) is -2.90. The summed E-state index contributed by atoms with van der Waals surface area (Å²) in [4.78, 5) is 30.5. The highest BCUT2D eigenvalue weighted by Gasteiger charge is 2.49. The predicted molar refractivity (Wildman–Crippen MR) is 158 cm³/mol. The minimum absolute atomic E-state index is 0.0474. The van der Waals surface area contributed by atoms with Gasteiger partial charge in [0.2, 0.25) is 5.91 Å². The van der Waals surface area contributed by atoms with E-state index in [1.165, 1.54) is 15.9 Å². The molecule has 2 amide bonds. The summed E-state index contributed by atoms with van der Waals surface area (Å²) in [5, 5.41) is 0.557. The zero-order valence-electron chi connectivity index (χ0n) is 23.4. The summed E-state index contributed by atoms with van der Waals surface area (Å²) >= 11 is 18.3. The summed E-state index contributed by atoms with van der Waals surface area (Å²) in [6, 6.07) is 9.22. The molecule has 2 aliphatic heterocycles. The van der Waals surface area contributed by atoms with Crippen LogP contribution in [0.1, 0.15) is 60.9 Å². The average molecular weight is 633 g/mol. The number of anilines is 1. The molecule has 2 aliphatic rings. The van der Waals surface area contributed by atoms with Gasteiger partial charge in [0.1, 0.15) is 0 Å². The second-order valence-corrected chi connectivity index (χ2v) is 13.1. The quantitative estimate of drug-likeness (QED) is 0.325. The zero-order chi connectivity index (χ0) is 30.1. The fourth-order valence-electron chi connectivity index (χ4n) is 6.07. The van der Waals surface area contributed by atoms with E-state index in [0.717, 1.165) is 50.2 Å². The van der Waals surface area contributed by atoms with E-state index in [1.807, 2.05) is 12.1 Å². The molecule has 0 aliphatic carbocycles. The third-order valence-corrected chi connectivity index (χ3v) is 9.17. The van der Waals surface area contributed by atoms with Gasteiger partial charge in [0.25, 0.3) is 5.91 Å². The molecule has 0 bridgehead atoms. The Kier molecular flexibility index (Phi) is 9.76. The minimum atomic E-state index is -4.76. The number of amides is 2. The number of hydrogen-bond acceptors (Lipinski definition) is 3. The first-order valence-corrected chi connectivity index (χ1v) is 14.9. The number of carbonyl (C=O) groups excluding carboxylic acids is 2. The Bertz CT molecular complexity index is 1250. The van der Waals surface area contributed by atoms with Crippen LogP contribution in [0, 0.1) is 11.3 Å². The van der Waals surface area contributed by atoms with Crippen LogP contribution >= 0.6 is 34.8 Å². The van der Waals surface area contributed by atoms with Crippen molar-refractivity contribution in [3.05, 3.63) is 62.6 Å². The Morgan fingerprint density at radius 1 is 0.976 bits per heavy atom. The van der Waals surface area contributed by atoms with Crippen LogP contribution in [-0.2, 0) is 4.79 Å². The maximum atomic E-state index is 14.0. The van der Waals surface area contributed by atoms with Gasteiger partial charge in [0, 0.05) is 56.0 Å². The highest BCUT2D eigenvalue weighted by Crippen LogP contribution is 2.43. The normalized spacial score (nSPS) is 18.8. The lowest BCUT2D eigenvalue weighted by Gasteiger charge is -2.44. The summed E-state index contributed by atoms with van der Waals surface area (Å²) in [7, 11) is 3.38. The molecule has 4 rings (SSSR count). The van der Waals surface area contributed by atoms with Crippen LogP contribution in [0.2, 0.25) is 15.1 Å². The van der Waals surface area contributed by atoms with Crippen molar-refractivity contribution in [1.82, 2.24) is 9.80 Å². The second kappa shape index (κ2) is 12.6. The van der Waals surface area contributed by atoms with Gasteiger partial charge in [-0.25, -0.2) is 0 Å². The molecule has 224 valence electrons. The molecule has 5 nitrogen and oxygen atoms in total. The van der Waals surface area contributed by atoms with Gasteiger partial charge in [-0.05, 0) is 85.4 Å². The molecule has 1 atom stereocenters. The fraction of sp³-hybridized carbons (Fsp3) is 0.533. The Morgan fingerprint density at radius 3 is 2.07 bits per heavy atom. The zero-order valence-corrected chi connectivity index (χ0v) is 25.7. The largest absolute Gasteiger partial charge is 0.404 e. The van der Waals surface area contributed by atoms with Crippen molar-refractivity contribution < 1.29 is 22.8 Å². The molecule has 0 radical (unpaired) electrons. The average Bonchev–Trinajstić information content (AvgIpc) is 2.87. The van der Waals surface area contributed by atoms with E-state index in [2.05, 4.69) is 11.8 Å². The van der Waals surface area contributed by atoms with Crippen LogP contribution in [0.5, 0.6) is 0 Å². The maximum Gasteiger partial charge on any atom is 0.404 e. The first-order chi connectivity index (χ1) is 19.2. The first kappa shape index (κ1) is 31.8. The lowest BCUT2D eigenvalue weighted by molar-refractivity contribution is -0.173. The summed E-state index contributed by atoms with van der Waals surface area (Å²) < 4.78 is 42.1. The van der Waals surface area contributed by atoms with E-state index in [-0.39, 0.29) is 40.0 Å². The van der Waals surface area contributed by atoms with Gasteiger partial charge < -0.3 is 14.7 Å². The summed E-state index contributed by atoms with van der Waals surface area (Å²) in [5.41, 5.74) is 1.18. The van der Waals surface area contributed by atoms with Crippen LogP contribution < -0.4 is 4.90 Å². The highest BCUT2D eigenvalue weighted by atomic mass is 35.5. The lowest BCUT2D eigenvalue weighted by Crippen LogP contribution is -2.47. The molecule has 41 heavy (non-hydrogen) atoms. The van der Waals surface area contributed by atoms with Gasteiger partial charge in [-0.1, -0.05) is 41.7 Å². The number of rotatable bonds is 6. The number of alkyl halides is 3. The molecule has 2 heterocycles. The van der Waals surface area contributed by atoms with Crippen LogP contribution in [0.4, 0.5) is 18.9 Å². The molecule has 0 saturated carbocycles. The molecule has 11 heteroatoms. The van der Waals surface area contributed by atoms with Crippen molar-refractivity contribution in [3.63, 3.8) is 0 Å². The molecule has 0 spiro atoms. The van der Waals surface area contributed by atoms with E-state index in [0.29, 0.717) is 29.3 Å². The van der Waals surface area contributed by atoms with E-state index in [9.17, 15) is 22.8 Å². The van der Waals surface area contributed by atoms with Gasteiger partial charge in [0.15, 0.2) is 5.92 Å². The number of carbonyl (C=O) groups is 2. The molecule has 2 saturated heterocycles. The Labute approximate surface area is 254 Å². The predicted octanol–water partition coefficient (Wildman–Crippen LogP) is 7.93. The monoisotopic (exact) mass is 631 g/mol. The molecule has 2 aromatic carbocycles. The smallest absolute Gasteiger partial charge is 0.371 e. The van der Waals surface area contributed by atoms with Crippen LogP contribution in [-0.4, -0.2) is 68.1 Å². The van der Waals surface area contributed by atoms with Gasteiger partial charge in [-0.2, -0.15) is 13.2 Å². The molecular weight excluding hydrogens is 598 g/mol. The highest BCUT2D eigenvalue weighted by molar-refractivity contribution is 6.35. The minimum Gasteiger partial charge on any atom is -0.371 e. The number of piperidine rings is 2. The number of likely N-dealkylation sites (tertiary alicyclic amines) is 1. The molecule has 0 N–H and O–H groups in total. The topological polar surface area (TPSA) is 43.9 Å². The van der Waals surface area contributed by atoms with E-state index in [4.69, 9.17) is 34.8 Å². The van der Waals surface area contributed by atoms with Crippen molar-refractivity contribution in [3.8, 4) is 0 Å². The van der Waals surface area contributed by atoms with Crippen LogP contribution in [0.25, 0.3) is 0 Å². The lowest BCUT2D eigenvalue weighted by atomic mass is 9.71. The SMILES string of the molecule is CN(C)C(=O)c1ccc(N2CCC(CC3(C)CCN(C(=O)C(c4cc(Cl)cc(Cl)c4)C(F)(F)F)CC3)CC2)cc1Cl. The molecule has 0 aromatic heterocycles. The van der Waals surface area contributed by atoms with Crippen molar-refractivity contribution in [1.29, 1.82) is 0 Å². The number of halogens is 6. The number of hydrogen-bond donors (Lipinski definition) is 0. The molecular formula is C30H35Cl3F3N3O2. The number of benzene rings is 2. The Hall–Kier alpha value is -2.16. The fourth-order valence-corrected chi connectivity index (χ4v) is 6.87. The van der Waals surface area contributed by atoms with Crippen molar-refractivity contribution in [2.24, 2.45) is 11.3 Å². The molecule has 1 unspecified atom stereocenters. The summed E-state index contributed by atoms with van der Waals surface area (Å²) in [6.45, 7) is 4.47. The Balaban J connectivity index is 1.33. The van der Waals surface area contributed by atoms with Gasteiger partial charge in [-0.3, -0.25) is 9.59 Å². The van der Waals surface area contributed by atoms with Crippen molar-refractivity contribution in [2.45, 2.75) is 51.1 Å². The van der Waals surface area contributed by atoms with E-state index >= 15 is 0 Å². The third-order valence-electron chi connectivity index (χ3n) is 8.43. The van der Waals surface area contributed by atoms with Gasteiger partial charge in [0.05, 0.1) is 10.6 Å². The van der Waals surface area contributed by atoms with Crippen LogP contribution in [0.3, 0.4) is 0 Å². The summed E-state index contributed by atoms with van der Waals surface area (Å²) in [6.07, 6.45) is -0.522. The van der Waals surface area contributed by atoms with E-state index in [1.54, 1.807) is 20.2 Å². The van der Waals surface area contributed by atoms with Gasteiger partial charge in [-0.15, -0.1) is 0 Å². The van der Waals surface area contributed by atoms with Gasteiger partial charge >= 0.3 is 6.18 Å². The van der Waals surface area contributed by atoms with Crippen molar-refractivity contribution >= 4 is 52.3 Å². The molecule has 2 aromatic rings. The van der Waals surface area contributed by atoms with E-state index < -0.39 is 18.0 Å². The van der Waals surface area contributed by atoms with Crippen LogP contribution in [0.15, 0.2) is 36.4 Å². The third kappa shape index (κ3) is 7.63. The molecule has 2 fully saturated rings. The maximum absolute atomic E-state index is 14.0.